The van der Waals surface area contributed by atoms with Crippen LogP contribution in [0, 0.1) is 12.8 Å². The molecule has 0 aliphatic rings. The lowest BCUT2D eigenvalue weighted by Gasteiger charge is -2.32. The summed E-state index contributed by atoms with van der Waals surface area (Å²) in [7, 11) is -3.76. The van der Waals surface area contributed by atoms with Crippen LogP contribution < -0.4 is 9.62 Å². The first-order chi connectivity index (χ1) is 15.4. The molecule has 0 saturated carbocycles. The number of aryl methyl sites for hydroxylation is 1. The molecule has 180 valence electrons. The third kappa shape index (κ3) is 7.85. The zero-order valence-electron chi connectivity index (χ0n) is 19.7. The predicted octanol–water partition coefficient (Wildman–Crippen LogP) is 3.71. The van der Waals surface area contributed by atoms with Crippen LogP contribution in [-0.4, -0.2) is 50.5 Å². The summed E-state index contributed by atoms with van der Waals surface area (Å²) in [6.45, 7) is 7.84. The van der Waals surface area contributed by atoms with Gasteiger partial charge in [0.25, 0.3) is 0 Å². The molecule has 0 heterocycles. The number of para-hydroxylation sites is 1. The molecule has 2 aromatic rings. The van der Waals surface area contributed by atoms with Crippen molar-refractivity contribution in [1.29, 1.82) is 0 Å². The molecule has 1 atom stereocenters. The lowest BCUT2D eigenvalue weighted by molar-refractivity contribution is -0.139. The van der Waals surface area contributed by atoms with Crippen molar-refractivity contribution < 1.29 is 18.0 Å². The van der Waals surface area contributed by atoms with Gasteiger partial charge in [-0.25, -0.2) is 8.42 Å². The smallest absolute Gasteiger partial charge is 0.244 e. The second-order valence-electron chi connectivity index (χ2n) is 8.55. The summed E-state index contributed by atoms with van der Waals surface area (Å²) in [4.78, 5) is 27.7. The molecular weight excluding hydrogens is 506 g/mol. The maximum Gasteiger partial charge on any atom is 0.244 e. The molecule has 0 aliphatic carbocycles. The number of amides is 2. The van der Waals surface area contributed by atoms with Gasteiger partial charge in [-0.15, -0.1) is 0 Å². The minimum Gasteiger partial charge on any atom is -0.354 e. The first kappa shape index (κ1) is 26.9. The number of sulfonamides is 1. The highest BCUT2D eigenvalue weighted by Crippen LogP contribution is 2.28. The molecule has 2 amide bonds. The van der Waals surface area contributed by atoms with Crippen LogP contribution in [0.5, 0.6) is 0 Å². The number of carbonyl (C=O) groups excluding carboxylic acids is 2. The highest BCUT2D eigenvalue weighted by molar-refractivity contribution is 9.10. The van der Waals surface area contributed by atoms with E-state index in [1.807, 2.05) is 45.0 Å². The van der Waals surface area contributed by atoms with Crippen LogP contribution in [0.25, 0.3) is 0 Å². The highest BCUT2D eigenvalue weighted by Gasteiger charge is 2.30. The van der Waals surface area contributed by atoms with E-state index < -0.39 is 28.5 Å². The van der Waals surface area contributed by atoms with E-state index in [2.05, 4.69) is 21.2 Å². The number of carbonyl (C=O) groups is 2. The Morgan fingerprint density at radius 3 is 2.30 bits per heavy atom. The Balaban J connectivity index is 2.38. The number of nitrogens with zero attached hydrogens (tertiary/aromatic N) is 2. The number of rotatable bonds is 10. The first-order valence-electron chi connectivity index (χ1n) is 10.7. The Hall–Kier alpha value is -2.39. The van der Waals surface area contributed by atoms with E-state index in [0.717, 1.165) is 21.7 Å². The van der Waals surface area contributed by atoms with Crippen molar-refractivity contribution in [1.82, 2.24) is 10.2 Å². The number of benzene rings is 2. The zero-order chi connectivity index (χ0) is 24.8. The standard InChI is InChI=1S/C24H32BrN3O4S/c1-17(2)14-26-24(30)19(4)27(15-20-10-8-9-18(3)13-20)23(29)16-28(33(5,31)32)22-12-7-6-11-21(22)25/h6-13,17,19H,14-16H2,1-5H3,(H,26,30)/t19-/m0/s1. The first-order valence-corrected chi connectivity index (χ1v) is 13.4. The van der Waals surface area contributed by atoms with E-state index in [4.69, 9.17) is 0 Å². The van der Waals surface area contributed by atoms with Crippen LogP contribution in [0.1, 0.15) is 31.9 Å². The maximum atomic E-state index is 13.5. The minimum absolute atomic E-state index is 0.185. The average molecular weight is 539 g/mol. The summed E-state index contributed by atoms with van der Waals surface area (Å²) in [5, 5.41) is 2.87. The molecule has 1 N–H and O–H groups in total. The molecular formula is C24H32BrN3O4S. The third-order valence-electron chi connectivity index (χ3n) is 5.09. The fourth-order valence-electron chi connectivity index (χ4n) is 3.29. The van der Waals surface area contributed by atoms with Crippen LogP contribution in [0.4, 0.5) is 5.69 Å². The second-order valence-corrected chi connectivity index (χ2v) is 11.3. The SMILES string of the molecule is Cc1cccc(CN(C(=O)CN(c2ccccc2Br)S(C)(=O)=O)[C@@H](C)C(=O)NCC(C)C)c1. The molecule has 2 aromatic carbocycles. The van der Waals surface area contributed by atoms with Crippen molar-refractivity contribution >= 4 is 43.5 Å². The van der Waals surface area contributed by atoms with Gasteiger partial charge in [0.1, 0.15) is 12.6 Å². The van der Waals surface area contributed by atoms with Gasteiger partial charge in [-0.1, -0.05) is 55.8 Å². The van der Waals surface area contributed by atoms with Crippen LogP contribution in [0.15, 0.2) is 53.0 Å². The number of hydrogen-bond acceptors (Lipinski definition) is 4. The molecule has 9 heteroatoms. The summed E-state index contributed by atoms with van der Waals surface area (Å²) >= 11 is 3.37. The Labute approximate surface area is 205 Å². The van der Waals surface area contributed by atoms with Crippen molar-refractivity contribution in [2.45, 2.75) is 40.3 Å². The number of nitrogens with one attached hydrogen (secondary N) is 1. The van der Waals surface area contributed by atoms with Crippen LogP contribution in [0.2, 0.25) is 0 Å². The number of anilines is 1. The molecule has 0 aromatic heterocycles. The minimum atomic E-state index is -3.76. The van der Waals surface area contributed by atoms with Crippen molar-refractivity contribution in [3.8, 4) is 0 Å². The largest absolute Gasteiger partial charge is 0.354 e. The van der Waals surface area contributed by atoms with Gasteiger partial charge in [0, 0.05) is 17.6 Å². The van der Waals surface area contributed by atoms with E-state index in [9.17, 15) is 18.0 Å². The Bertz CT molecular complexity index is 1090. The molecule has 0 unspecified atom stereocenters. The molecule has 33 heavy (non-hydrogen) atoms. The Morgan fingerprint density at radius 1 is 1.06 bits per heavy atom. The average Bonchev–Trinajstić information content (AvgIpc) is 2.73. The fourth-order valence-corrected chi connectivity index (χ4v) is 4.77. The summed E-state index contributed by atoms with van der Waals surface area (Å²) in [5.74, 6) is -0.486. The molecule has 0 saturated heterocycles. The highest BCUT2D eigenvalue weighted by atomic mass is 79.9. The van der Waals surface area contributed by atoms with Crippen molar-refractivity contribution in [2.24, 2.45) is 5.92 Å². The van der Waals surface area contributed by atoms with Crippen LogP contribution >= 0.6 is 15.9 Å². The van der Waals surface area contributed by atoms with Crippen molar-refractivity contribution in [3.63, 3.8) is 0 Å². The van der Waals surface area contributed by atoms with Gasteiger partial charge in [-0.3, -0.25) is 13.9 Å². The predicted molar refractivity (Wildman–Crippen MR) is 135 cm³/mol. The maximum absolute atomic E-state index is 13.5. The van der Waals surface area contributed by atoms with Gasteiger partial charge in [0.15, 0.2) is 0 Å². The normalized spacial score (nSPS) is 12.3. The van der Waals surface area contributed by atoms with Gasteiger partial charge in [0.2, 0.25) is 21.8 Å². The lowest BCUT2D eigenvalue weighted by atomic mass is 10.1. The Kier molecular flexibility index (Phi) is 9.48. The summed E-state index contributed by atoms with van der Waals surface area (Å²) < 4.78 is 26.8. The molecule has 0 radical (unpaired) electrons. The quantitative estimate of drug-likeness (QED) is 0.500. The van der Waals surface area contributed by atoms with Crippen molar-refractivity contribution in [2.75, 3.05) is 23.7 Å². The Morgan fingerprint density at radius 2 is 1.73 bits per heavy atom. The third-order valence-corrected chi connectivity index (χ3v) is 6.88. The lowest BCUT2D eigenvalue weighted by Crippen LogP contribution is -2.51. The van der Waals surface area contributed by atoms with E-state index in [1.165, 1.54) is 4.90 Å². The molecule has 0 fully saturated rings. The van der Waals surface area contributed by atoms with Gasteiger partial charge in [0.05, 0.1) is 11.9 Å². The fraction of sp³-hybridized carbons (Fsp3) is 0.417. The van der Waals surface area contributed by atoms with Crippen LogP contribution in [-0.2, 0) is 26.2 Å². The van der Waals surface area contributed by atoms with E-state index in [0.29, 0.717) is 16.7 Å². The molecule has 0 aliphatic heterocycles. The van der Waals surface area contributed by atoms with E-state index >= 15 is 0 Å². The van der Waals surface area contributed by atoms with Gasteiger partial charge >= 0.3 is 0 Å². The second kappa shape index (κ2) is 11.7. The van der Waals surface area contributed by atoms with E-state index in [-0.39, 0.29) is 18.4 Å². The molecule has 2 rings (SSSR count). The molecule has 7 nitrogen and oxygen atoms in total. The summed E-state index contributed by atoms with van der Waals surface area (Å²) in [6, 6.07) is 13.7. The van der Waals surface area contributed by atoms with Gasteiger partial charge in [-0.2, -0.15) is 0 Å². The van der Waals surface area contributed by atoms with Crippen molar-refractivity contribution in [3.05, 3.63) is 64.1 Å². The molecule has 0 bridgehead atoms. The zero-order valence-corrected chi connectivity index (χ0v) is 22.1. The number of hydrogen-bond donors (Lipinski definition) is 1. The topological polar surface area (TPSA) is 86.8 Å². The summed E-state index contributed by atoms with van der Waals surface area (Å²) in [6.07, 6.45) is 1.06. The van der Waals surface area contributed by atoms with Gasteiger partial charge in [-0.05, 0) is 53.4 Å². The van der Waals surface area contributed by atoms with Crippen LogP contribution in [0.3, 0.4) is 0 Å². The molecule has 0 spiro atoms. The summed E-state index contributed by atoms with van der Waals surface area (Å²) in [5.41, 5.74) is 2.25. The number of halogens is 1. The monoisotopic (exact) mass is 537 g/mol. The van der Waals surface area contributed by atoms with E-state index in [1.54, 1.807) is 31.2 Å². The van der Waals surface area contributed by atoms with Gasteiger partial charge < -0.3 is 10.2 Å².